The predicted octanol–water partition coefficient (Wildman–Crippen LogP) is 3.61. The van der Waals surface area contributed by atoms with Crippen molar-refractivity contribution in [1.82, 2.24) is 9.38 Å². The van der Waals surface area contributed by atoms with Gasteiger partial charge in [-0.1, -0.05) is 47.2 Å². The van der Waals surface area contributed by atoms with Crippen LogP contribution in [0.4, 0.5) is 0 Å². The highest BCUT2D eigenvalue weighted by Gasteiger charge is 2.31. The summed E-state index contributed by atoms with van der Waals surface area (Å²) in [7, 11) is 0. The molecule has 2 aromatic heterocycles. The minimum Gasteiger partial charge on any atom is -0.446 e. The van der Waals surface area contributed by atoms with E-state index in [9.17, 15) is 9.59 Å². The van der Waals surface area contributed by atoms with Gasteiger partial charge in [0.05, 0.1) is 15.9 Å². The topological polar surface area (TPSA) is 86.7 Å². The summed E-state index contributed by atoms with van der Waals surface area (Å²) in [5.41, 5.74) is 9.44. The normalized spacial score (nSPS) is 12.4. The zero-order valence-electron chi connectivity index (χ0n) is 14.8. The quantitative estimate of drug-likeness (QED) is 0.549. The molecule has 6 nitrogen and oxygen atoms in total. The van der Waals surface area contributed by atoms with Crippen LogP contribution < -0.4 is 5.73 Å². The predicted molar refractivity (Wildman–Crippen MR) is 104 cm³/mol. The molecule has 7 heteroatoms. The van der Waals surface area contributed by atoms with E-state index in [2.05, 4.69) is 0 Å². The first-order valence-electron chi connectivity index (χ1n) is 8.39. The van der Waals surface area contributed by atoms with Gasteiger partial charge in [-0.3, -0.25) is 14.0 Å². The Morgan fingerprint density at radius 3 is 2.67 bits per heavy atom. The smallest absolute Gasteiger partial charge is 0.303 e. The van der Waals surface area contributed by atoms with Crippen molar-refractivity contribution in [2.45, 2.75) is 20.0 Å². The molecule has 0 aliphatic rings. The molecule has 2 aromatic carbocycles. The first-order chi connectivity index (χ1) is 13.0. The van der Waals surface area contributed by atoms with Gasteiger partial charge in [0.2, 0.25) is 6.10 Å². The Morgan fingerprint density at radius 2 is 1.96 bits per heavy atom. The summed E-state index contributed by atoms with van der Waals surface area (Å²) < 4.78 is 8.18. The number of amides is 1. The molecule has 0 saturated heterocycles. The Morgan fingerprint density at radius 1 is 1.19 bits per heavy atom. The zero-order chi connectivity index (χ0) is 19.1. The van der Waals surface area contributed by atoms with Crippen molar-refractivity contribution in [1.29, 1.82) is 0 Å². The highest BCUT2D eigenvalue weighted by molar-refractivity contribution is 7.23. The number of primary amides is 1. The summed E-state index contributed by atoms with van der Waals surface area (Å²) in [5.74, 6) is -1.32. The number of carbonyl (C=O) groups excluding carboxylic acids is 2. The lowest BCUT2D eigenvalue weighted by Gasteiger charge is -2.15. The van der Waals surface area contributed by atoms with Gasteiger partial charge >= 0.3 is 5.97 Å². The molecular weight excluding hydrogens is 362 g/mol. The third-order valence-corrected chi connectivity index (χ3v) is 5.29. The molecule has 27 heavy (non-hydrogen) atoms. The van der Waals surface area contributed by atoms with Gasteiger partial charge in [0.1, 0.15) is 5.69 Å². The van der Waals surface area contributed by atoms with Crippen LogP contribution in [0.1, 0.15) is 24.3 Å². The van der Waals surface area contributed by atoms with Crippen molar-refractivity contribution < 1.29 is 14.3 Å². The highest BCUT2D eigenvalue weighted by atomic mass is 32.1. The first-order valence-corrected chi connectivity index (χ1v) is 9.21. The van der Waals surface area contributed by atoms with E-state index in [0.717, 1.165) is 21.3 Å². The lowest BCUT2D eigenvalue weighted by Crippen LogP contribution is -2.27. The minimum atomic E-state index is -1.23. The van der Waals surface area contributed by atoms with Gasteiger partial charge < -0.3 is 10.5 Å². The molecule has 0 saturated carbocycles. The molecule has 0 spiro atoms. The fraction of sp³-hybridized carbons (Fsp3) is 0.150. The Bertz CT molecular complexity index is 1190. The molecule has 4 aromatic rings. The fourth-order valence-corrected chi connectivity index (χ4v) is 4.23. The molecule has 0 aliphatic carbocycles. The van der Waals surface area contributed by atoms with Crippen molar-refractivity contribution in [2.75, 3.05) is 0 Å². The molecule has 2 heterocycles. The average molecular weight is 379 g/mol. The zero-order valence-corrected chi connectivity index (χ0v) is 15.6. The molecule has 2 N–H and O–H groups in total. The van der Waals surface area contributed by atoms with Gasteiger partial charge in [-0.05, 0) is 25.1 Å². The number of aromatic nitrogens is 2. The SMILES string of the molecule is CC(=O)OC(C(N)=O)c1c(-c2cccc(C)c2)nc2sc3ccccc3n12. The number of hydrogen-bond acceptors (Lipinski definition) is 5. The average Bonchev–Trinajstić information content (AvgIpc) is 3.15. The van der Waals surface area contributed by atoms with Crippen molar-refractivity contribution in [2.24, 2.45) is 5.73 Å². The van der Waals surface area contributed by atoms with Crippen LogP contribution in [0.5, 0.6) is 0 Å². The molecule has 0 radical (unpaired) electrons. The monoisotopic (exact) mass is 379 g/mol. The second kappa shape index (κ2) is 6.51. The van der Waals surface area contributed by atoms with Crippen LogP contribution in [0, 0.1) is 6.92 Å². The molecular formula is C20H17N3O3S. The summed E-state index contributed by atoms with van der Waals surface area (Å²) in [4.78, 5) is 29.3. The van der Waals surface area contributed by atoms with E-state index in [1.165, 1.54) is 18.3 Å². The van der Waals surface area contributed by atoms with Crippen molar-refractivity contribution in [3.8, 4) is 11.3 Å². The van der Waals surface area contributed by atoms with E-state index in [-0.39, 0.29) is 0 Å². The van der Waals surface area contributed by atoms with Crippen LogP contribution in [-0.2, 0) is 14.3 Å². The maximum atomic E-state index is 12.2. The first kappa shape index (κ1) is 17.2. The summed E-state index contributed by atoms with van der Waals surface area (Å²) in [6.45, 7) is 3.24. The highest BCUT2D eigenvalue weighted by Crippen LogP contribution is 2.37. The van der Waals surface area contributed by atoms with Gasteiger partial charge in [-0.15, -0.1) is 0 Å². The van der Waals surface area contributed by atoms with Crippen molar-refractivity contribution in [3.63, 3.8) is 0 Å². The molecule has 0 aliphatic heterocycles. The standard InChI is InChI=1S/C20H17N3O3S/c1-11-6-5-7-13(10-11)16-17(18(19(21)25)26-12(2)24)23-14-8-3-4-9-15(14)27-20(23)22-16/h3-10,18H,1-2H3,(H2,21,25). The molecule has 1 unspecified atom stereocenters. The Kier molecular flexibility index (Phi) is 4.16. The van der Waals surface area contributed by atoms with Crippen LogP contribution in [0.15, 0.2) is 48.5 Å². The van der Waals surface area contributed by atoms with Gasteiger partial charge in [-0.25, -0.2) is 4.98 Å². The number of nitrogens with two attached hydrogens (primary N) is 1. The van der Waals surface area contributed by atoms with E-state index in [4.69, 9.17) is 15.5 Å². The number of aryl methyl sites for hydroxylation is 1. The van der Waals surface area contributed by atoms with Gasteiger partial charge in [-0.2, -0.15) is 0 Å². The largest absolute Gasteiger partial charge is 0.446 e. The van der Waals surface area contributed by atoms with E-state index >= 15 is 0 Å². The van der Waals surface area contributed by atoms with E-state index in [1.807, 2.05) is 59.9 Å². The molecule has 0 fully saturated rings. The van der Waals surface area contributed by atoms with E-state index < -0.39 is 18.0 Å². The lowest BCUT2D eigenvalue weighted by molar-refractivity contribution is -0.153. The summed E-state index contributed by atoms with van der Waals surface area (Å²) in [6.07, 6.45) is -1.23. The second-order valence-corrected chi connectivity index (χ2v) is 7.30. The van der Waals surface area contributed by atoms with Gasteiger partial charge in [0, 0.05) is 12.5 Å². The van der Waals surface area contributed by atoms with Crippen LogP contribution in [0.2, 0.25) is 0 Å². The molecule has 136 valence electrons. The van der Waals surface area contributed by atoms with Crippen LogP contribution in [0.3, 0.4) is 0 Å². The van der Waals surface area contributed by atoms with E-state index in [1.54, 1.807) is 0 Å². The Labute approximate surface area is 159 Å². The van der Waals surface area contributed by atoms with Crippen molar-refractivity contribution in [3.05, 3.63) is 59.8 Å². The van der Waals surface area contributed by atoms with E-state index in [0.29, 0.717) is 16.3 Å². The number of imidazole rings is 1. The number of para-hydroxylation sites is 1. The van der Waals surface area contributed by atoms with Crippen LogP contribution >= 0.6 is 11.3 Å². The number of carbonyl (C=O) groups is 2. The van der Waals surface area contributed by atoms with Crippen LogP contribution in [0.25, 0.3) is 26.4 Å². The maximum Gasteiger partial charge on any atom is 0.303 e. The van der Waals surface area contributed by atoms with Gasteiger partial charge in [0.25, 0.3) is 5.91 Å². The number of hydrogen-bond donors (Lipinski definition) is 1. The number of nitrogens with zero attached hydrogens (tertiary/aromatic N) is 2. The minimum absolute atomic E-state index is 0.468. The third kappa shape index (κ3) is 2.96. The van der Waals surface area contributed by atoms with Gasteiger partial charge in [0.15, 0.2) is 4.96 Å². The second-order valence-electron chi connectivity index (χ2n) is 6.29. The number of thiazole rings is 1. The third-order valence-electron chi connectivity index (χ3n) is 4.27. The Hall–Kier alpha value is -3.19. The number of benzene rings is 2. The lowest BCUT2D eigenvalue weighted by atomic mass is 10.0. The van der Waals surface area contributed by atoms with Crippen molar-refractivity contribution >= 4 is 38.4 Å². The molecule has 1 atom stereocenters. The maximum absolute atomic E-state index is 12.2. The fourth-order valence-electron chi connectivity index (χ4n) is 3.20. The summed E-state index contributed by atoms with van der Waals surface area (Å²) in [5, 5.41) is 0. The number of ether oxygens (including phenoxy) is 1. The number of fused-ring (bicyclic) bond motifs is 3. The molecule has 4 rings (SSSR count). The molecule has 1 amide bonds. The number of esters is 1. The molecule has 0 bridgehead atoms. The summed E-state index contributed by atoms with van der Waals surface area (Å²) >= 11 is 1.50. The Balaban J connectivity index is 2.08. The summed E-state index contributed by atoms with van der Waals surface area (Å²) in [6, 6.07) is 15.6. The number of rotatable bonds is 4. The van der Waals surface area contributed by atoms with Crippen LogP contribution in [-0.4, -0.2) is 21.3 Å².